The maximum Gasteiger partial charge on any atom is 0.253 e. The average Bonchev–Trinajstić information content (AvgIpc) is 3.32. The van der Waals surface area contributed by atoms with Gasteiger partial charge >= 0.3 is 0 Å². The number of carbonyl (C=O) groups is 2. The smallest absolute Gasteiger partial charge is 0.253 e. The maximum atomic E-state index is 12.6. The van der Waals surface area contributed by atoms with Gasteiger partial charge in [0.05, 0.1) is 28.1 Å². The molecule has 0 aliphatic carbocycles. The quantitative estimate of drug-likeness (QED) is 0.317. The number of nitrogens with one attached hydrogen (secondary N) is 2. The Balaban J connectivity index is 1.68. The summed E-state index contributed by atoms with van der Waals surface area (Å²) in [5.74, 6) is 0.105. The molecule has 0 saturated heterocycles. The number of halogens is 2. The topological polar surface area (TPSA) is 102 Å². The van der Waals surface area contributed by atoms with Crippen LogP contribution < -0.4 is 10.6 Å². The molecule has 2 amide bonds. The molecule has 2 heterocycles. The molecule has 1 atom stereocenters. The Morgan fingerprint density at radius 3 is 2.78 bits per heavy atom. The maximum absolute atomic E-state index is 12.6. The number of amides is 2. The predicted molar refractivity (Wildman–Crippen MR) is 129 cm³/mol. The fraction of sp³-hybridized carbons (Fsp3) is 0.250. The third-order valence-corrected chi connectivity index (χ3v) is 6.56. The largest absolute Gasteiger partial charge is 0.342 e. The lowest BCUT2D eigenvalue weighted by atomic mass is 10.2. The van der Waals surface area contributed by atoms with E-state index >= 15 is 0 Å². The summed E-state index contributed by atoms with van der Waals surface area (Å²) in [5.41, 5.74) is 1.16. The Hall–Kier alpha value is -2.40. The minimum atomic E-state index is -0.469. The number of thiazole rings is 1. The average molecular weight is 511 g/mol. The minimum absolute atomic E-state index is 0.134. The van der Waals surface area contributed by atoms with Crippen molar-refractivity contribution in [2.75, 3.05) is 11.1 Å². The van der Waals surface area contributed by atoms with Crippen molar-refractivity contribution in [2.45, 2.75) is 31.6 Å². The molecular formula is C20H20Cl2N6O2S2. The molecule has 0 spiro atoms. The van der Waals surface area contributed by atoms with Crippen LogP contribution in [0.25, 0.3) is 0 Å². The summed E-state index contributed by atoms with van der Waals surface area (Å²) in [6.07, 6.45) is 1.69. The van der Waals surface area contributed by atoms with E-state index in [1.54, 1.807) is 29.7 Å². The summed E-state index contributed by atoms with van der Waals surface area (Å²) in [6, 6.07) is 4.20. The van der Waals surface area contributed by atoms with Crippen LogP contribution in [0.1, 0.15) is 34.8 Å². The SMILES string of the molecule is C=CCn1c(SCC(=O)Nc2nc(C)cs2)nnc1[C@H](C)NC(=O)c1ccc(Cl)cc1Cl. The predicted octanol–water partition coefficient (Wildman–Crippen LogP) is 4.76. The number of hydrogen-bond donors (Lipinski definition) is 2. The molecule has 0 fully saturated rings. The minimum Gasteiger partial charge on any atom is -0.342 e. The van der Waals surface area contributed by atoms with E-state index in [2.05, 4.69) is 32.4 Å². The molecule has 3 rings (SSSR count). The molecule has 2 aromatic heterocycles. The Kier molecular flexibility index (Phi) is 8.30. The second-order valence-electron chi connectivity index (χ2n) is 6.69. The van der Waals surface area contributed by atoms with Crippen molar-refractivity contribution in [1.29, 1.82) is 0 Å². The zero-order valence-electron chi connectivity index (χ0n) is 17.3. The van der Waals surface area contributed by atoms with E-state index in [9.17, 15) is 9.59 Å². The van der Waals surface area contributed by atoms with E-state index in [-0.39, 0.29) is 22.6 Å². The van der Waals surface area contributed by atoms with Crippen molar-refractivity contribution < 1.29 is 9.59 Å². The number of thioether (sulfide) groups is 1. The van der Waals surface area contributed by atoms with Gasteiger partial charge in [0.15, 0.2) is 16.1 Å². The van der Waals surface area contributed by atoms with Crippen molar-refractivity contribution in [3.63, 3.8) is 0 Å². The summed E-state index contributed by atoms with van der Waals surface area (Å²) >= 11 is 14.6. The highest BCUT2D eigenvalue weighted by Gasteiger charge is 2.21. The van der Waals surface area contributed by atoms with Gasteiger partial charge in [-0.3, -0.25) is 9.59 Å². The number of hydrogen-bond acceptors (Lipinski definition) is 7. The molecule has 0 bridgehead atoms. The molecule has 3 aromatic rings. The molecule has 1 aromatic carbocycles. The van der Waals surface area contributed by atoms with E-state index in [0.717, 1.165) is 5.69 Å². The van der Waals surface area contributed by atoms with Gasteiger partial charge in [0.1, 0.15) is 0 Å². The summed E-state index contributed by atoms with van der Waals surface area (Å²) in [5, 5.41) is 17.7. The first kappa shape index (κ1) is 24.2. The standard InChI is InChI=1S/C20H20Cl2N6O2S2/c1-4-7-28-17(12(3)24-18(30)14-6-5-13(21)8-15(14)22)26-27-20(28)32-10-16(29)25-19-23-11(2)9-31-19/h4-6,8-9,12H,1,7,10H2,2-3H3,(H,24,30)(H,23,25,29)/t12-/m0/s1. The van der Waals surface area contributed by atoms with Gasteiger partial charge < -0.3 is 15.2 Å². The first-order valence-corrected chi connectivity index (χ1v) is 12.0. The number of aryl methyl sites for hydroxylation is 1. The van der Waals surface area contributed by atoms with Crippen LogP contribution in [0.5, 0.6) is 0 Å². The molecule has 8 nitrogen and oxygen atoms in total. The van der Waals surface area contributed by atoms with E-state index in [0.29, 0.717) is 33.2 Å². The molecule has 0 unspecified atom stereocenters. The highest BCUT2D eigenvalue weighted by Crippen LogP contribution is 2.24. The second-order valence-corrected chi connectivity index (χ2v) is 9.33. The normalized spacial score (nSPS) is 11.8. The monoisotopic (exact) mass is 510 g/mol. The van der Waals surface area contributed by atoms with Crippen molar-refractivity contribution in [3.05, 3.63) is 63.4 Å². The van der Waals surface area contributed by atoms with E-state index in [1.165, 1.54) is 29.2 Å². The van der Waals surface area contributed by atoms with Crippen LogP contribution in [0.4, 0.5) is 5.13 Å². The van der Waals surface area contributed by atoms with Crippen LogP contribution in [0.15, 0.2) is 41.4 Å². The van der Waals surface area contributed by atoms with Gasteiger partial charge in [0.25, 0.3) is 5.91 Å². The third kappa shape index (κ3) is 6.10. The van der Waals surface area contributed by atoms with Crippen molar-refractivity contribution in [3.8, 4) is 0 Å². The van der Waals surface area contributed by atoms with E-state index < -0.39 is 6.04 Å². The van der Waals surface area contributed by atoms with Crippen molar-refractivity contribution >= 4 is 63.2 Å². The number of nitrogens with zero attached hydrogens (tertiary/aromatic N) is 4. The Labute approximate surface area is 203 Å². The number of aromatic nitrogens is 4. The zero-order chi connectivity index (χ0) is 23.3. The highest BCUT2D eigenvalue weighted by molar-refractivity contribution is 7.99. The molecular weight excluding hydrogens is 491 g/mol. The van der Waals surface area contributed by atoms with Crippen LogP contribution >= 0.6 is 46.3 Å². The third-order valence-electron chi connectivity index (χ3n) is 4.17. The van der Waals surface area contributed by atoms with Gasteiger partial charge in [-0.15, -0.1) is 28.1 Å². The lowest BCUT2D eigenvalue weighted by Crippen LogP contribution is -2.29. The second kappa shape index (κ2) is 11.0. The molecule has 0 saturated carbocycles. The van der Waals surface area contributed by atoms with Crippen molar-refractivity contribution in [2.24, 2.45) is 0 Å². The molecule has 12 heteroatoms. The summed E-state index contributed by atoms with van der Waals surface area (Å²) in [6.45, 7) is 7.84. The molecule has 0 aliphatic heterocycles. The van der Waals surface area contributed by atoms with Crippen LogP contribution in [0, 0.1) is 6.92 Å². The van der Waals surface area contributed by atoms with Gasteiger partial charge in [-0.05, 0) is 32.0 Å². The Bertz CT molecular complexity index is 1150. The number of carbonyl (C=O) groups excluding carboxylic acids is 2. The molecule has 0 radical (unpaired) electrons. The number of anilines is 1. The Morgan fingerprint density at radius 1 is 1.34 bits per heavy atom. The van der Waals surface area contributed by atoms with Gasteiger partial charge in [-0.2, -0.15) is 0 Å². The van der Waals surface area contributed by atoms with E-state index in [1.807, 2.05) is 12.3 Å². The molecule has 2 N–H and O–H groups in total. The first-order valence-electron chi connectivity index (χ1n) is 9.43. The number of rotatable bonds is 9. The first-order chi connectivity index (χ1) is 15.3. The fourth-order valence-electron chi connectivity index (χ4n) is 2.74. The summed E-state index contributed by atoms with van der Waals surface area (Å²) in [7, 11) is 0. The van der Waals surface area contributed by atoms with Gasteiger partial charge in [-0.1, -0.05) is 41.0 Å². The lowest BCUT2D eigenvalue weighted by Gasteiger charge is -2.15. The zero-order valence-corrected chi connectivity index (χ0v) is 20.4. The molecule has 168 valence electrons. The van der Waals surface area contributed by atoms with Crippen LogP contribution in [0.2, 0.25) is 10.0 Å². The summed E-state index contributed by atoms with van der Waals surface area (Å²) in [4.78, 5) is 29.1. The fourth-order valence-corrected chi connectivity index (χ4v) is 4.69. The number of benzene rings is 1. The van der Waals surface area contributed by atoms with E-state index in [4.69, 9.17) is 23.2 Å². The van der Waals surface area contributed by atoms with Crippen LogP contribution in [0.3, 0.4) is 0 Å². The lowest BCUT2D eigenvalue weighted by molar-refractivity contribution is -0.113. The van der Waals surface area contributed by atoms with Crippen molar-refractivity contribution in [1.82, 2.24) is 25.1 Å². The van der Waals surface area contributed by atoms with Crippen LogP contribution in [-0.2, 0) is 11.3 Å². The Morgan fingerprint density at radius 2 is 2.12 bits per heavy atom. The highest BCUT2D eigenvalue weighted by atomic mass is 35.5. The number of allylic oxidation sites excluding steroid dienone is 1. The van der Waals surface area contributed by atoms with Crippen LogP contribution in [-0.4, -0.2) is 37.3 Å². The molecule has 32 heavy (non-hydrogen) atoms. The summed E-state index contributed by atoms with van der Waals surface area (Å²) < 4.78 is 1.80. The van der Waals surface area contributed by atoms with Gasteiger partial charge in [-0.25, -0.2) is 4.98 Å². The van der Waals surface area contributed by atoms with Gasteiger partial charge in [0.2, 0.25) is 5.91 Å². The molecule has 0 aliphatic rings. The van der Waals surface area contributed by atoms with Gasteiger partial charge in [0, 0.05) is 16.9 Å².